The predicted octanol–water partition coefficient (Wildman–Crippen LogP) is 3.68. The molecular formula is C21H33N5O. The van der Waals surface area contributed by atoms with E-state index in [0.29, 0.717) is 6.54 Å². The van der Waals surface area contributed by atoms with E-state index in [1.807, 2.05) is 35.2 Å². The Kier molecular flexibility index (Phi) is 8.68. The number of likely N-dealkylation sites (tertiary alicyclic amines) is 1. The highest BCUT2D eigenvalue weighted by atomic mass is 16.2. The molecule has 148 valence electrons. The second kappa shape index (κ2) is 11.3. The van der Waals surface area contributed by atoms with Gasteiger partial charge in [-0.25, -0.2) is 9.79 Å². The molecule has 6 heteroatoms. The van der Waals surface area contributed by atoms with E-state index in [1.165, 1.54) is 0 Å². The number of carbonyl (C=O) groups excluding carboxylic acids is 1. The van der Waals surface area contributed by atoms with Crippen molar-refractivity contribution in [3.8, 4) is 0 Å². The van der Waals surface area contributed by atoms with E-state index in [1.54, 1.807) is 0 Å². The minimum Gasteiger partial charge on any atom is -0.357 e. The van der Waals surface area contributed by atoms with Crippen LogP contribution in [-0.2, 0) is 6.54 Å². The molecule has 0 radical (unpaired) electrons. The van der Waals surface area contributed by atoms with Gasteiger partial charge in [0.15, 0.2) is 5.96 Å². The lowest BCUT2D eigenvalue weighted by Gasteiger charge is -2.22. The fourth-order valence-electron chi connectivity index (χ4n) is 3.08. The summed E-state index contributed by atoms with van der Waals surface area (Å²) in [7, 11) is 2.05. The number of nitrogens with one attached hydrogen (secondary N) is 2. The van der Waals surface area contributed by atoms with E-state index in [9.17, 15) is 4.79 Å². The molecule has 0 bridgehead atoms. The summed E-state index contributed by atoms with van der Waals surface area (Å²) in [5, 5.41) is 6.33. The lowest BCUT2D eigenvalue weighted by Crippen LogP contribution is -2.39. The van der Waals surface area contributed by atoms with Crippen molar-refractivity contribution < 1.29 is 4.79 Å². The molecule has 2 rings (SSSR count). The Labute approximate surface area is 163 Å². The van der Waals surface area contributed by atoms with Gasteiger partial charge >= 0.3 is 6.03 Å². The Balaban J connectivity index is 1.96. The summed E-state index contributed by atoms with van der Waals surface area (Å²) < 4.78 is 0. The molecule has 27 heavy (non-hydrogen) atoms. The van der Waals surface area contributed by atoms with Crippen LogP contribution in [0.3, 0.4) is 0 Å². The van der Waals surface area contributed by atoms with Crippen LogP contribution in [0.15, 0.2) is 41.9 Å². The molecule has 0 unspecified atom stereocenters. The molecule has 0 saturated carbocycles. The highest BCUT2D eigenvalue weighted by molar-refractivity contribution is 5.89. The zero-order valence-corrected chi connectivity index (χ0v) is 16.7. The van der Waals surface area contributed by atoms with E-state index in [0.717, 1.165) is 69.1 Å². The molecule has 1 saturated heterocycles. The van der Waals surface area contributed by atoms with E-state index in [2.05, 4.69) is 36.1 Å². The van der Waals surface area contributed by atoms with E-state index < -0.39 is 0 Å². The summed E-state index contributed by atoms with van der Waals surface area (Å²) in [4.78, 5) is 21.0. The SMILES string of the molecule is C=CCCCN(C)C(=NCc1cccc(NC(=O)N2CCCC2)c1)NCC. The van der Waals surface area contributed by atoms with E-state index in [4.69, 9.17) is 4.99 Å². The van der Waals surface area contributed by atoms with Crippen molar-refractivity contribution in [3.05, 3.63) is 42.5 Å². The number of carbonyl (C=O) groups is 1. The summed E-state index contributed by atoms with van der Waals surface area (Å²) in [6, 6.07) is 7.91. The van der Waals surface area contributed by atoms with Crippen LogP contribution < -0.4 is 10.6 Å². The third kappa shape index (κ3) is 6.96. The Morgan fingerprint density at radius 2 is 2.15 bits per heavy atom. The summed E-state index contributed by atoms with van der Waals surface area (Å²) in [5.74, 6) is 0.896. The number of unbranched alkanes of at least 4 members (excludes halogenated alkanes) is 1. The van der Waals surface area contributed by atoms with Gasteiger partial charge < -0.3 is 20.4 Å². The normalized spacial score (nSPS) is 14.1. The van der Waals surface area contributed by atoms with Crippen molar-refractivity contribution in [2.24, 2.45) is 4.99 Å². The fourth-order valence-corrected chi connectivity index (χ4v) is 3.08. The Hall–Kier alpha value is -2.50. The Morgan fingerprint density at radius 3 is 2.85 bits per heavy atom. The maximum Gasteiger partial charge on any atom is 0.321 e. The summed E-state index contributed by atoms with van der Waals surface area (Å²) in [6.45, 7) is 9.87. The van der Waals surface area contributed by atoms with Crippen molar-refractivity contribution in [2.45, 2.75) is 39.2 Å². The maximum atomic E-state index is 12.3. The van der Waals surface area contributed by atoms with Crippen molar-refractivity contribution in [2.75, 3.05) is 38.5 Å². The van der Waals surface area contributed by atoms with Crippen LogP contribution >= 0.6 is 0 Å². The first kappa shape index (κ1) is 20.8. The number of anilines is 1. The Bertz CT molecular complexity index is 637. The standard InChI is InChI=1S/C21H33N5O/c1-4-6-7-13-25(3)20(22-5-2)23-17-18-11-10-12-19(16-18)24-21(27)26-14-8-9-15-26/h4,10-12,16H,1,5-9,13-15,17H2,2-3H3,(H,22,23)(H,24,27). The van der Waals surface area contributed by atoms with E-state index in [-0.39, 0.29) is 6.03 Å². The first-order valence-corrected chi connectivity index (χ1v) is 9.89. The molecule has 0 aromatic heterocycles. The van der Waals surface area contributed by atoms with Crippen molar-refractivity contribution in [1.82, 2.24) is 15.1 Å². The van der Waals surface area contributed by atoms with Gasteiger partial charge in [0.1, 0.15) is 0 Å². The van der Waals surface area contributed by atoms with Crippen molar-refractivity contribution >= 4 is 17.7 Å². The van der Waals surface area contributed by atoms with Crippen LogP contribution in [0.5, 0.6) is 0 Å². The molecule has 1 fully saturated rings. The molecule has 1 aliphatic heterocycles. The topological polar surface area (TPSA) is 60.0 Å². The number of rotatable bonds is 8. The molecular weight excluding hydrogens is 338 g/mol. The predicted molar refractivity (Wildman–Crippen MR) is 113 cm³/mol. The quantitative estimate of drug-likeness (QED) is 0.317. The zero-order chi connectivity index (χ0) is 19.5. The third-order valence-corrected chi connectivity index (χ3v) is 4.58. The van der Waals surface area contributed by atoms with Gasteiger partial charge in [-0.1, -0.05) is 18.2 Å². The van der Waals surface area contributed by atoms with E-state index >= 15 is 0 Å². The van der Waals surface area contributed by atoms with Crippen LogP contribution in [-0.4, -0.2) is 55.0 Å². The fraction of sp³-hybridized carbons (Fsp3) is 0.524. The number of urea groups is 1. The maximum absolute atomic E-state index is 12.3. The number of amides is 2. The van der Waals surface area contributed by atoms with Gasteiger partial charge in [0.25, 0.3) is 0 Å². The molecule has 2 N–H and O–H groups in total. The summed E-state index contributed by atoms with van der Waals surface area (Å²) >= 11 is 0. The van der Waals surface area contributed by atoms with Crippen molar-refractivity contribution in [1.29, 1.82) is 0 Å². The largest absolute Gasteiger partial charge is 0.357 e. The first-order chi connectivity index (χ1) is 13.1. The number of allylic oxidation sites excluding steroid dienone is 1. The lowest BCUT2D eigenvalue weighted by molar-refractivity contribution is 0.222. The molecule has 0 atom stereocenters. The second-order valence-corrected chi connectivity index (χ2v) is 6.85. The van der Waals surface area contributed by atoms with Crippen LogP contribution in [0.1, 0.15) is 38.2 Å². The molecule has 0 aliphatic carbocycles. The van der Waals surface area contributed by atoms with Gasteiger partial charge in [0, 0.05) is 38.9 Å². The van der Waals surface area contributed by atoms with Gasteiger partial charge in [-0.15, -0.1) is 6.58 Å². The molecule has 1 aliphatic rings. The highest BCUT2D eigenvalue weighted by Crippen LogP contribution is 2.15. The Morgan fingerprint density at radius 1 is 1.37 bits per heavy atom. The molecule has 0 spiro atoms. The summed E-state index contributed by atoms with van der Waals surface area (Å²) in [6.07, 6.45) is 6.19. The molecule has 1 aromatic rings. The van der Waals surface area contributed by atoms with Crippen LogP contribution in [0.4, 0.5) is 10.5 Å². The lowest BCUT2D eigenvalue weighted by atomic mass is 10.2. The monoisotopic (exact) mass is 371 g/mol. The van der Waals surface area contributed by atoms with Crippen LogP contribution in [0, 0.1) is 0 Å². The molecule has 1 heterocycles. The second-order valence-electron chi connectivity index (χ2n) is 6.85. The van der Waals surface area contributed by atoms with Gasteiger partial charge in [0.05, 0.1) is 6.54 Å². The van der Waals surface area contributed by atoms with Crippen LogP contribution in [0.2, 0.25) is 0 Å². The van der Waals surface area contributed by atoms with Gasteiger partial charge in [-0.05, 0) is 50.3 Å². The third-order valence-electron chi connectivity index (χ3n) is 4.58. The number of benzene rings is 1. The first-order valence-electron chi connectivity index (χ1n) is 9.89. The summed E-state index contributed by atoms with van der Waals surface area (Å²) in [5.41, 5.74) is 1.90. The number of hydrogen-bond acceptors (Lipinski definition) is 2. The molecule has 1 aromatic carbocycles. The van der Waals surface area contributed by atoms with Gasteiger partial charge in [0.2, 0.25) is 0 Å². The minimum absolute atomic E-state index is 0.0107. The highest BCUT2D eigenvalue weighted by Gasteiger charge is 2.17. The molecule has 2 amide bonds. The average molecular weight is 372 g/mol. The smallest absolute Gasteiger partial charge is 0.321 e. The van der Waals surface area contributed by atoms with Crippen LogP contribution in [0.25, 0.3) is 0 Å². The number of hydrogen-bond donors (Lipinski definition) is 2. The van der Waals surface area contributed by atoms with Crippen molar-refractivity contribution in [3.63, 3.8) is 0 Å². The van der Waals surface area contributed by atoms with Gasteiger partial charge in [-0.2, -0.15) is 0 Å². The number of guanidine groups is 1. The van der Waals surface area contributed by atoms with Gasteiger partial charge in [-0.3, -0.25) is 0 Å². The number of nitrogens with zero attached hydrogens (tertiary/aromatic N) is 3. The zero-order valence-electron chi connectivity index (χ0n) is 16.7. The average Bonchev–Trinajstić information content (AvgIpc) is 3.20. The minimum atomic E-state index is -0.0107. The molecule has 6 nitrogen and oxygen atoms in total. The number of aliphatic imine (C=N–C) groups is 1.